The Morgan fingerprint density at radius 1 is 1.15 bits per heavy atom. The van der Waals surface area contributed by atoms with E-state index in [2.05, 4.69) is 31.6 Å². The fourth-order valence-electron chi connectivity index (χ4n) is 5.58. The van der Waals surface area contributed by atoms with Crippen LogP contribution in [0.3, 0.4) is 0 Å². The van der Waals surface area contributed by atoms with Gasteiger partial charge in [-0.25, -0.2) is 23.7 Å². The van der Waals surface area contributed by atoms with Gasteiger partial charge in [0.25, 0.3) is 5.91 Å². The maximum absolute atomic E-state index is 15.3. The molecule has 0 spiro atoms. The molecule has 3 aromatic rings. The van der Waals surface area contributed by atoms with Gasteiger partial charge in [0.1, 0.15) is 17.0 Å². The summed E-state index contributed by atoms with van der Waals surface area (Å²) in [6.45, 7) is 15.5. The first kappa shape index (κ1) is 28.7. The lowest BCUT2D eigenvalue weighted by atomic mass is 10.1. The summed E-state index contributed by atoms with van der Waals surface area (Å²) in [6.07, 6.45) is 4.59. The summed E-state index contributed by atoms with van der Waals surface area (Å²) in [5, 5.41) is 0. The zero-order valence-electron chi connectivity index (χ0n) is 24.2. The van der Waals surface area contributed by atoms with Crippen molar-refractivity contribution in [3.8, 4) is 0 Å². The molecular weight excluding hydrogens is 524 g/mol. The molecule has 1 saturated heterocycles. The van der Waals surface area contributed by atoms with Crippen LogP contribution in [0, 0.1) is 25.6 Å². The highest BCUT2D eigenvalue weighted by Gasteiger charge is 2.27. The van der Waals surface area contributed by atoms with E-state index in [1.165, 1.54) is 18.9 Å². The zero-order chi connectivity index (χ0) is 29.3. The molecule has 0 radical (unpaired) electrons. The second-order valence-electron chi connectivity index (χ2n) is 11.3. The van der Waals surface area contributed by atoms with Crippen LogP contribution in [-0.4, -0.2) is 75.9 Å². The Hall–Kier alpha value is -3.79. The van der Waals surface area contributed by atoms with Crippen molar-refractivity contribution in [1.29, 1.82) is 0 Å². The van der Waals surface area contributed by atoms with Gasteiger partial charge in [-0.2, -0.15) is 0 Å². The van der Waals surface area contributed by atoms with E-state index < -0.39 is 11.6 Å². The number of nitrogens with zero attached hydrogens (tertiary/aromatic N) is 7. The van der Waals surface area contributed by atoms with E-state index in [1.54, 1.807) is 32.0 Å². The molecule has 3 heterocycles. The van der Waals surface area contributed by atoms with E-state index >= 15 is 4.39 Å². The number of hydrogen-bond acceptors (Lipinski definition) is 6. The molecule has 1 aliphatic carbocycles. The molecule has 0 atom stereocenters. The number of halogens is 2. The van der Waals surface area contributed by atoms with Gasteiger partial charge in [0.2, 0.25) is 0 Å². The molecular formula is C31H37F2N7O. The molecule has 0 N–H and O–H groups in total. The van der Waals surface area contributed by atoms with Gasteiger partial charge >= 0.3 is 0 Å². The van der Waals surface area contributed by atoms with Crippen LogP contribution >= 0.6 is 0 Å². The number of pyridine rings is 1. The standard InChI is InChI=1S/C31H37F2N7O/c1-19(2)40-21(4)37-30-25(32)15-23(16-27(30)40)29(34-5)26(33)17-35-28-10-9-24(20(3)36-28)31(41)39-12-6-11-38(13-14-39)18-22-7-8-22/h9-10,15-17,19,22H,5-8,11-14,18H2,1-4H3/b29-26+,35-17-. The SMILES string of the molecule is C=N/C(=C(F)\C=N/c1ccc(C(=O)N2CCCN(CC3CC3)CC2)c(C)n1)c1cc(F)c2nc(C)n(C(C)C)c2c1. The summed E-state index contributed by atoms with van der Waals surface area (Å²) in [5.41, 5.74) is 1.92. The molecule has 1 aliphatic heterocycles. The van der Waals surface area contributed by atoms with E-state index in [0.717, 1.165) is 44.7 Å². The fourth-order valence-corrected chi connectivity index (χ4v) is 5.58. The van der Waals surface area contributed by atoms with Crippen LogP contribution in [0.4, 0.5) is 14.6 Å². The molecule has 2 aliphatic rings. The predicted octanol–water partition coefficient (Wildman–Crippen LogP) is 6.07. The number of allylic oxidation sites excluding steroid dienone is 1. The Morgan fingerprint density at radius 3 is 2.61 bits per heavy atom. The first-order chi connectivity index (χ1) is 19.7. The number of rotatable bonds is 8. The number of aliphatic imine (C=N–C) groups is 2. The summed E-state index contributed by atoms with van der Waals surface area (Å²) in [6, 6.07) is 6.19. The summed E-state index contributed by atoms with van der Waals surface area (Å²) >= 11 is 0. The molecule has 2 fully saturated rings. The molecule has 41 heavy (non-hydrogen) atoms. The molecule has 10 heteroatoms. The first-order valence-corrected chi connectivity index (χ1v) is 14.2. The minimum atomic E-state index is -0.786. The van der Waals surface area contributed by atoms with Gasteiger partial charge in [-0.1, -0.05) is 0 Å². The van der Waals surface area contributed by atoms with Gasteiger partial charge in [-0.3, -0.25) is 9.79 Å². The average molecular weight is 562 g/mol. The van der Waals surface area contributed by atoms with Gasteiger partial charge in [0, 0.05) is 37.8 Å². The molecule has 2 aromatic heterocycles. The number of aryl methyl sites for hydroxylation is 2. The van der Waals surface area contributed by atoms with Crippen LogP contribution in [0.25, 0.3) is 16.7 Å². The van der Waals surface area contributed by atoms with E-state index in [-0.39, 0.29) is 34.5 Å². The van der Waals surface area contributed by atoms with Gasteiger partial charge in [0.15, 0.2) is 17.5 Å². The van der Waals surface area contributed by atoms with Crippen molar-refractivity contribution in [3.05, 3.63) is 58.6 Å². The van der Waals surface area contributed by atoms with Gasteiger partial charge in [-0.05, 0) is 90.4 Å². The number of carbonyl (C=O) groups is 1. The molecule has 8 nitrogen and oxygen atoms in total. The van der Waals surface area contributed by atoms with Crippen LogP contribution < -0.4 is 0 Å². The number of fused-ring (bicyclic) bond motifs is 1. The molecule has 5 rings (SSSR count). The average Bonchev–Trinajstić information content (AvgIpc) is 3.72. The van der Waals surface area contributed by atoms with Gasteiger partial charge in [0.05, 0.1) is 23.0 Å². The molecule has 0 bridgehead atoms. The summed E-state index contributed by atoms with van der Waals surface area (Å²) in [4.78, 5) is 34.4. The lowest BCUT2D eigenvalue weighted by Crippen LogP contribution is -2.36. The summed E-state index contributed by atoms with van der Waals surface area (Å²) < 4.78 is 32.1. The highest BCUT2D eigenvalue weighted by molar-refractivity contribution is 5.96. The Kier molecular flexibility index (Phi) is 8.40. The van der Waals surface area contributed by atoms with Crippen molar-refractivity contribution < 1.29 is 13.6 Å². The van der Waals surface area contributed by atoms with Crippen molar-refractivity contribution in [2.75, 3.05) is 32.7 Å². The monoisotopic (exact) mass is 561 g/mol. The number of imidazole rings is 1. The first-order valence-electron chi connectivity index (χ1n) is 14.2. The topological polar surface area (TPSA) is 79.0 Å². The number of benzene rings is 1. The minimum Gasteiger partial charge on any atom is -0.337 e. The van der Waals surface area contributed by atoms with Gasteiger partial charge in [-0.15, -0.1) is 0 Å². The van der Waals surface area contributed by atoms with Crippen LogP contribution in [0.1, 0.15) is 66.6 Å². The van der Waals surface area contributed by atoms with Crippen molar-refractivity contribution >= 4 is 41.4 Å². The number of hydrogen-bond donors (Lipinski definition) is 0. The van der Waals surface area contributed by atoms with E-state index in [4.69, 9.17) is 0 Å². The van der Waals surface area contributed by atoms with Crippen LogP contribution in [0.2, 0.25) is 0 Å². The van der Waals surface area contributed by atoms with Crippen molar-refractivity contribution in [2.45, 2.75) is 53.0 Å². The van der Waals surface area contributed by atoms with Crippen molar-refractivity contribution in [3.63, 3.8) is 0 Å². The molecule has 1 saturated carbocycles. The van der Waals surface area contributed by atoms with E-state index in [0.29, 0.717) is 29.1 Å². The third-order valence-corrected chi connectivity index (χ3v) is 7.80. The normalized spacial score (nSPS) is 17.4. The van der Waals surface area contributed by atoms with Crippen LogP contribution in [0.5, 0.6) is 0 Å². The Labute approximate surface area is 239 Å². The van der Waals surface area contributed by atoms with Crippen LogP contribution in [0.15, 0.2) is 40.1 Å². The second kappa shape index (κ2) is 12.0. The Morgan fingerprint density at radius 2 is 1.93 bits per heavy atom. The number of aromatic nitrogens is 3. The van der Waals surface area contributed by atoms with E-state index in [9.17, 15) is 9.18 Å². The summed E-state index contributed by atoms with van der Waals surface area (Å²) in [7, 11) is 0. The molecule has 1 aromatic carbocycles. The Bertz CT molecular complexity index is 1540. The van der Waals surface area contributed by atoms with E-state index in [1.807, 2.05) is 23.3 Å². The quantitative estimate of drug-likeness (QED) is 0.313. The number of carbonyl (C=O) groups excluding carboxylic acids is 1. The smallest absolute Gasteiger partial charge is 0.255 e. The highest BCUT2D eigenvalue weighted by Crippen LogP contribution is 2.31. The maximum Gasteiger partial charge on any atom is 0.255 e. The number of amides is 1. The third-order valence-electron chi connectivity index (χ3n) is 7.80. The second-order valence-corrected chi connectivity index (χ2v) is 11.3. The molecule has 1 amide bonds. The fraction of sp³-hybridized carbons (Fsp3) is 0.452. The Balaban J connectivity index is 1.33. The molecule has 216 valence electrons. The lowest BCUT2D eigenvalue weighted by molar-refractivity contribution is 0.0760. The maximum atomic E-state index is 15.3. The minimum absolute atomic E-state index is 0.0377. The third kappa shape index (κ3) is 6.27. The van der Waals surface area contributed by atoms with Crippen molar-refractivity contribution in [1.82, 2.24) is 24.3 Å². The lowest BCUT2D eigenvalue weighted by Gasteiger charge is -2.22. The molecule has 0 unspecified atom stereocenters. The largest absolute Gasteiger partial charge is 0.337 e. The van der Waals surface area contributed by atoms with Crippen molar-refractivity contribution in [2.24, 2.45) is 15.9 Å². The zero-order valence-corrected chi connectivity index (χ0v) is 24.2. The van der Waals surface area contributed by atoms with Crippen LogP contribution in [-0.2, 0) is 0 Å². The summed E-state index contributed by atoms with van der Waals surface area (Å²) in [5.74, 6) is 0.350. The predicted molar refractivity (Wildman–Crippen MR) is 159 cm³/mol. The van der Waals surface area contributed by atoms with Gasteiger partial charge < -0.3 is 14.4 Å². The highest BCUT2D eigenvalue weighted by atomic mass is 19.1.